The number of fused-ring (bicyclic) bond motifs is 2. The Labute approximate surface area is 257 Å². The Morgan fingerprint density at radius 1 is 1.20 bits per heavy atom. The molecule has 6 rings (SSSR count). The van der Waals surface area contributed by atoms with Gasteiger partial charge in [0.05, 0.1) is 12.2 Å². The minimum atomic E-state index is -0.940. The van der Waals surface area contributed by atoms with Crippen LogP contribution in [0, 0.1) is 5.41 Å². The van der Waals surface area contributed by atoms with Crippen molar-refractivity contribution < 1.29 is 24.2 Å². The Hall–Kier alpha value is -3.93. The van der Waals surface area contributed by atoms with Crippen molar-refractivity contribution in [1.29, 1.82) is 0 Å². The molecule has 2 unspecified atom stereocenters. The molecule has 44 heavy (non-hydrogen) atoms. The van der Waals surface area contributed by atoms with Gasteiger partial charge in [0.1, 0.15) is 17.5 Å². The van der Waals surface area contributed by atoms with Gasteiger partial charge < -0.3 is 29.7 Å². The predicted octanol–water partition coefficient (Wildman–Crippen LogP) is 4.84. The van der Waals surface area contributed by atoms with Crippen LogP contribution in [0.15, 0.2) is 30.5 Å². The normalized spacial score (nSPS) is 22.1. The van der Waals surface area contributed by atoms with Gasteiger partial charge >= 0.3 is 12.1 Å². The number of aromatic nitrogens is 4. The molecule has 0 radical (unpaired) electrons. The van der Waals surface area contributed by atoms with Crippen molar-refractivity contribution in [2.45, 2.75) is 90.1 Å². The van der Waals surface area contributed by atoms with Gasteiger partial charge in [-0.25, -0.2) is 24.2 Å². The van der Waals surface area contributed by atoms with Crippen LogP contribution in [0.5, 0.6) is 0 Å². The van der Waals surface area contributed by atoms with Gasteiger partial charge in [-0.1, -0.05) is 24.3 Å². The summed E-state index contributed by atoms with van der Waals surface area (Å²) in [5.41, 5.74) is 2.87. The first kappa shape index (κ1) is 30.1. The second-order valence-corrected chi connectivity index (χ2v) is 13.4. The number of nitrogens with one attached hydrogen (secondary N) is 1. The Kier molecular flexibility index (Phi) is 7.89. The number of nitrogens with zero attached hydrogens (tertiary/aromatic N) is 6. The molecule has 2 fully saturated rings. The molecule has 0 saturated carbocycles. The molecule has 2 N–H and O–H groups in total. The molecular weight excluding hydrogens is 562 g/mol. The number of alkyl carbamates (subject to hydrolysis) is 1. The molecule has 1 aliphatic carbocycles. The maximum Gasteiger partial charge on any atom is 0.408 e. The molecule has 4 heterocycles. The number of benzene rings is 1. The highest BCUT2D eigenvalue weighted by Gasteiger charge is 2.49. The average molecular weight is 606 g/mol. The van der Waals surface area contributed by atoms with Gasteiger partial charge in [-0.2, -0.15) is 0 Å². The number of carbonyl (C=O) groups excluding carboxylic acids is 1. The van der Waals surface area contributed by atoms with Crippen LogP contribution in [0.4, 0.5) is 16.4 Å². The van der Waals surface area contributed by atoms with E-state index in [1.54, 1.807) is 29.7 Å². The number of carbonyl (C=O) groups is 2. The third-order valence-electron chi connectivity index (χ3n) is 9.34. The molecule has 3 atom stereocenters. The lowest BCUT2D eigenvalue weighted by Gasteiger charge is -2.43. The number of carboxylic acid groups (broad SMARTS) is 1. The second-order valence-electron chi connectivity index (χ2n) is 13.4. The van der Waals surface area contributed by atoms with Crippen LogP contribution in [0.3, 0.4) is 0 Å². The first-order valence-electron chi connectivity index (χ1n) is 15.6. The maximum absolute atomic E-state index is 12.9. The fraction of sp³-hybridized carbons (Fsp3) is 0.594. The zero-order valence-corrected chi connectivity index (χ0v) is 26.2. The Morgan fingerprint density at radius 2 is 1.95 bits per heavy atom. The van der Waals surface area contributed by atoms with E-state index < -0.39 is 23.7 Å². The molecule has 1 spiro atoms. The lowest BCUT2D eigenvalue weighted by Crippen LogP contribution is -2.48. The second kappa shape index (κ2) is 11.5. The van der Waals surface area contributed by atoms with Gasteiger partial charge in [-0.15, -0.1) is 5.10 Å². The third-order valence-corrected chi connectivity index (χ3v) is 9.34. The minimum Gasteiger partial charge on any atom is -0.480 e. The highest BCUT2D eigenvalue weighted by atomic mass is 16.6. The van der Waals surface area contributed by atoms with Crippen molar-refractivity contribution >= 4 is 34.9 Å². The number of ether oxygens (including phenoxy) is 2. The molecule has 236 valence electrons. The number of anilines is 2. The molecule has 12 nitrogen and oxygen atoms in total. The van der Waals surface area contributed by atoms with Crippen molar-refractivity contribution in [2.75, 3.05) is 36.5 Å². The monoisotopic (exact) mass is 605 g/mol. The number of likely N-dealkylation sites (N-methyl/N-ethyl adjacent to an activating group) is 1. The predicted molar refractivity (Wildman–Crippen MR) is 166 cm³/mol. The average Bonchev–Trinajstić information content (AvgIpc) is 3.51. The highest BCUT2D eigenvalue weighted by Crippen LogP contribution is 2.52. The van der Waals surface area contributed by atoms with E-state index in [9.17, 15) is 14.7 Å². The summed E-state index contributed by atoms with van der Waals surface area (Å²) in [6, 6.07) is 7.45. The van der Waals surface area contributed by atoms with E-state index in [0.717, 1.165) is 63.0 Å². The third kappa shape index (κ3) is 5.67. The van der Waals surface area contributed by atoms with Crippen molar-refractivity contribution in [2.24, 2.45) is 5.41 Å². The molecular formula is C32H43N7O5. The van der Waals surface area contributed by atoms with Crippen LogP contribution in [0.2, 0.25) is 0 Å². The van der Waals surface area contributed by atoms with Crippen molar-refractivity contribution in [3.8, 4) is 0 Å². The number of hydrogen-bond donors (Lipinski definition) is 2. The van der Waals surface area contributed by atoms with Crippen molar-refractivity contribution in [3.05, 3.63) is 41.6 Å². The Morgan fingerprint density at radius 3 is 2.64 bits per heavy atom. The van der Waals surface area contributed by atoms with E-state index in [0.29, 0.717) is 23.6 Å². The maximum atomic E-state index is 12.9. The number of piperidine rings is 1. The minimum absolute atomic E-state index is 0.130. The van der Waals surface area contributed by atoms with Gasteiger partial charge in [0.25, 0.3) is 0 Å². The fourth-order valence-corrected chi connectivity index (χ4v) is 6.83. The molecule has 12 heteroatoms. The number of amides is 1. The largest absolute Gasteiger partial charge is 0.480 e. The summed E-state index contributed by atoms with van der Waals surface area (Å²) >= 11 is 0. The van der Waals surface area contributed by atoms with E-state index in [2.05, 4.69) is 28.4 Å². The number of aliphatic carboxylic acids is 1. The molecule has 2 saturated heterocycles. The molecule has 0 bridgehead atoms. The first-order valence-corrected chi connectivity index (χ1v) is 15.6. The highest BCUT2D eigenvalue weighted by molar-refractivity contribution is 5.88. The van der Waals surface area contributed by atoms with E-state index in [1.807, 2.05) is 26.8 Å². The molecule has 3 aliphatic rings. The van der Waals surface area contributed by atoms with Crippen LogP contribution in [0.1, 0.15) is 83.2 Å². The Bertz CT molecular complexity index is 1540. The molecule has 2 aromatic heterocycles. The molecule has 1 aromatic carbocycles. The summed E-state index contributed by atoms with van der Waals surface area (Å²) < 4.78 is 13.5. The molecule has 2 aliphatic heterocycles. The van der Waals surface area contributed by atoms with Gasteiger partial charge in [0.2, 0.25) is 0 Å². The smallest absolute Gasteiger partial charge is 0.408 e. The molecule has 1 amide bonds. The number of rotatable bonds is 6. The van der Waals surface area contributed by atoms with Crippen molar-refractivity contribution in [3.63, 3.8) is 0 Å². The van der Waals surface area contributed by atoms with Crippen LogP contribution >= 0.6 is 0 Å². The van der Waals surface area contributed by atoms with E-state index in [-0.39, 0.29) is 17.7 Å². The lowest BCUT2D eigenvalue weighted by atomic mass is 9.72. The van der Waals surface area contributed by atoms with Crippen LogP contribution in [-0.2, 0) is 20.7 Å². The summed E-state index contributed by atoms with van der Waals surface area (Å²) in [6.07, 6.45) is 6.52. The van der Waals surface area contributed by atoms with Gasteiger partial charge in [0, 0.05) is 32.2 Å². The summed E-state index contributed by atoms with van der Waals surface area (Å²) in [5, 5.41) is 17.7. The van der Waals surface area contributed by atoms with Crippen molar-refractivity contribution in [1.82, 2.24) is 25.1 Å². The number of carboxylic acids is 1. The summed E-state index contributed by atoms with van der Waals surface area (Å²) in [7, 11) is 1.72. The quantitative estimate of drug-likeness (QED) is 0.402. The van der Waals surface area contributed by atoms with Crippen LogP contribution < -0.4 is 15.1 Å². The topological polar surface area (TPSA) is 135 Å². The van der Waals surface area contributed by atoms with E-state index in [1.165, 1.54) is 5.56 Å². The summed E-state index contributed by atoms with van der Waals surface area (Å²) in [6.45, 7) is 9.39. The van der Waals surface area contributed by atoms with E-state index in [4.69, 9.17) is 24.5 Å². The van der Waals surface area contributed by atoms with Crippen LogP contribution in [-0.4, -0.2) is 75.3 Å². The lowest BCUT2D eigenvalue weighted by molar-refractivity contribution is -0.138. The SMILES string of the molecule is CC(C(=O)O)N(C)c1nn(C2CCCCO2)c2nc(N3CCC4(CC3)Cc3ccccc3[C@H]4NC(=O)OC(C)(C)C)cnc12. The van der Waals surface area contributed by atoms with Gasteiger partial charge in [-0.05, 0) is 77.3 Å². The van der Waals surface area contributed by atoms with E-state index >= 15 is 0 Å². The summed E-state index contributed by atoms with van der Waals surface area (Å²) in [4.78, 5) is 38.4. The standard InChI is InChI=1S/C32H43N7O5/c1-20(29(40)41)37(5)28-25-27(39(36-28)24-12-8-9-17-43-24)34-23(19-33-25)38-15-13-32(14-16-38)18-21-10-6-7-11-22(21)26(32)35-30(42)44-31(2,3)4/h6-7,10-11,19-20,24,26H,8-9,12-18H2,1-5H3,(H,35,42)(H,40,41)/t20?,24?,26-/m1/s1. The zero-order valence-electron chi connectivity index (χ0n) is 26.2. The first-order chi connectivity index (χ1) is 21.0. The zero-order chi connectivity index (χ0) is 31.2. The molecule has 3 aromatic rings. The van der Waals surface area contributed by atoms with Gasteiger partial charge in [0.15, 0.2) is 23.2 Å². The fourth-order valence-electron chi connectivity index (χ4n) is 6.83. The number of hydrogen-bond acceptors (Lipinski definition) is 9. The Balaban J connectivity index is 1.27. The van der Waals surface area contributed by atoms with Crippen LogP contribution in [0.25, 0.3) is 11.2 Å². The van der Waals surface area contributed by atoms with Gasteiger partial charge in [-0.3, -0.25) is 0 Å². The summed E-state index contributed by atoms with van der Waals surface area (Å²) in [5.74, 6) is 0.280.